The van der Waals surface area contributed by atoms with Gasteiger partial charge in [-0.25, -0.2) is 9.37 Å². The highest BCUT2D eigenvalue weighted by molar-refractivity contribution is 7.80. The molecule has 190 valence electrons. The number of nitrogens with zero attached hydrogens (tertiary/aromatic N) is 3. The van der Waals surface area contributed by atoms with E-state index in [1.165, 1.54) is 12.1 Å². The Morgan fingerprint density at radius 2 is 1.71 bits per heavy atom. The van der Waals surface area contributed by atoms with Gasteiger partial charge in [-0.1, -0.05) is 38.8 Å². The third-order valence-corrected chi connectivity index (χ3v) is 7.27. The minimum absolute atomic E-state index is 0.157. The molecule has 5 nitrogen and oxygen atoms in total. The molecule has 1 saturated carbocycles. The summed E-state index contributed by atoms with van der Waals surface area (Å²) in [7, 11) is 0. The predicted octanol–water partition coefficient (Wildman–Crippen LogP) is 5.92. The van der Waals surface area contributed by atoms with Gasteiger partial charge in [0.25, 0.3) is 0 Å². The molecule has 2 aliphatic rings. The average molecular weight is 510 g/mol. The second-order valence-corrected chi connectivity index (χ2v) is 10.5. The van der Waals surface area contributed by atoms with E-state index in [9.17, 15) is 17.6 Å². The second kappa shape index (κ2) is 10.2. The number of alkyl halides is 3. The first-order valence-corrected chi connectivity index (χ1v) is 12.5. The van der Waals surface area contributed by atoms with Crippen LogP contribution >= 0.6 is 12.2 Å². The Labute approximate surface area is 208 Å². The molecule has 0 unspecified atom stereocenters. The number of anilines is 2. The van der Waals surface area contributed by atoms with Crippen LogP contribution in [0.2, 0.25) is 0 Å². The van der Waals surface area contributed by atoms with Gasteiger partial charge in [0.05, 0.1) is 0 Å². The Bertz CT molecular complexity index is 1030. The van der Waals surface area contributed by atoms with Gasteiger partial charge in [-0.15, -0.1) is 0 Å². The van der Waals surface area contributed by atoms with Crippen molar-refractivity contribution in [1.82, 2.24) is 15.3 Å². The highest BCUT2D eigenvalue weighted by Gasteiger charge is 2.37. The normalized spacial score (nSPS) is 22.2. The van der Waals surface area contributed by atoms with Crippen molar-refractivity contribution in [2.24, 2.45) is 11.8 Å². The van der Waals surface area contributed by atoms with Crippen LogP contribution in [0.1, 0.15) is 57.2 Å². The van der Waals surface area contributed by atoms with E-state index in [0.717, 1.165) is 43.7 Å². The molecule has 2 atom stereocenters. The maximum Gasteiger partial charge on any atom is 0.433 e. The first-order chi connectivity index (χ1) is 16.5. The van der Waals surface area contributed by atoms with Crippen LogP contribution in [0, 0.1) is 17.7 Å². The molecular formula is C25H31F4N5S. The first-order valence-electron chi connectivity index (χ1n) is 12.1. The number of thiocarbonyl (C=S) groups is 1. The lowest BCUT2D eigenvalue weighted by Crippen LogP contribution is -2.41. The van der Waals surface area contributed by atoms with Gasteiger partial charge >= 0.3 is 6.18 Å². The predicted molar refractivity (Wildman–Crippen MR) is 133 cm³/mol. The smallest absolute Gasteiger partial charge is 0.361 e. The van der Waals surface area contributed by atoms with Gasteiger partial charge in [0, 0.05) is 31.1 Å². The number of rotatable bonds is 5. The molecule has 2 aromatic rings. The average Bonchev–Trinajstić information content (AvgIpc) is 3.27. The van der Waals surface area contributed by atoms with Crippen molar-refractivity contribution >= 4 is 29.1 Å². The van der Waals surface area contributed by atoms with Gasteiger partial charge in [-0.05, 0) is 61.0 Å². The fourth-order valence-electron chi connectivity index (χ4n) is 5.47. The Balaban J connectivity index is 1.50. The number of piperidine rings is 1. The molecule has 1 aromatic carbocycles. The lowest BCUT2D eigenvalue weighted by molar-refractivity contribution is -0.141. The van der Waals surface area contributed by atoms with E-state index in [-0.39, 0.29) is 28.1 Å². The Hall–Kier alpha value is -2.49. The highest BCUT2D eigenvalue weighted by atomic mass is 32.1. The second-order valence-electron chi connectivity index (χ2n) is 10.1. The van der Waals surface area contributed by atoms with Crippen LogP contribution in [-0.2, 0) is 11.6 Å². The van der Waals surface area contributed by atoms with Crippen LogP contribution in [0.25, 0.3) is 0 Å². The number of halogens is 4. The molecule has 2 N–H and O–H groups in total. The van der Waals surface area contributed by atoms with Gasteiger partial charge in [0.1, 0.15) is 11.6 Å². The van der Waals surface area contributed by atoms with Gasteiger partial charge in [0.2, 0.25) is 5.95 Å². The summed E-state index contributed by atoms with van der Waals surface area (Å²) in [6, 6.07) is 7.50. The Morgan fingerprint density at radius 1 is 1.09 bits per heavy atom. The summed E-state index contributed by atoms with van der Waals surface area (Å²) in [5.41, 5.74) is -0.186. The minimum Gasteiger partial charge on any atom is -0.361 e. The fourth-order valence-corrected chi connectivity index (χ4v) is 5.63. The summed E-state index contributed by atoms with van der Waals surface area (Å²) in [6.45, 7) is 5.94. The monoisotopic (exact) mass is 509 g/mol. The topological polar surface area (TPSA) is 53.1 Å². The molecule has 0 radical (unpaired) electrons. The SMILES string of the molecule is C[C@@H]1C[C@@H](C)CN(c2cc(C(F)(F)F)nc(NC(=S)NCC3(c4ccc(F)cc4)CCCC3)n2)C1. The number of hydrogen-bond acceptors (Lipinski definition) is 4. The maximum atomic E-state index is 13.6. The van der Waals surface area contributed by atoms with Crippen LogP contribution in [-0.4, -0.2) is 34.7 Å². The quantitative estimate of drug-likeness (QED) is 0.386. The summed E-state index contributed by atoms with van der Waals surface area (Å²) in [6.07, 6.45) is 0.362. The largest absolute Gasteiger partial charge is 0.433 e. The lowest BCUT2D eigenvalue weighted by atomic mass is 9.79. The zero-order valence-corrected chi connectivity index (χ0v) is 20.8. The molecule has 1 saturated heterocycles. The maximum absolute atomic E-state index is 13.6. The van der Waals surface area contributed by atoms with Crippen LogP contribution < -0.4 is 15.5 Å². The molecule has 2 heterocycles. The van der Waals surface area contributed by atoms with Gasteiger partial charge in [-0.2, -0.15) is 18.2 Å². The standard InChI is InChI=1S/C25H31F4N5S/c1-16-11-17(2)14-34(13-16)21-12-20(25(27,28)29)31-22(32-21)33-23(35)30-15-24(9-3-4-10-24)18-5-7-19(26)8-6-18/h5-8,12,16-17H,3-4,9-11,13-15H2,1-2H3,(H2,30,31,32,33,35)/t16-,17-/m1/s1. The van der Waals surface area contributed by atoms with Gasteiger partial charge < -0.3 is 15.5 Å². The van der Waals surface area contributed by atoms with Gasteiger partial charge in [-0.3, -0.25) is 0 Å². The summed E-state index contributed by atoms with van der Waals surface area (Å²) in [5, 5.41) is 6.08. The number of aromatic nitrogens is 2. The fraction of sp³-hybridized carbons (Fsp3) is 0.560. The minimum atomic E-state index is -4.60. The molecule has 0 amide bonds. The van der Waals surface area contributed by atoms with E-state index < -0.39 is 11.9 Å². The first kappa shape index (κ1) is 25.6. The van der Waals surface area contributed by atoms with Crippen LogP contribution in [0.5, 0.6) is 0 Å². The number of benzene rings is 1. The molecule has 4 rings (SSSR count). The third-order valence-electron chi connectivity index (χ3n) is 7.03. The lowest BCUT2D eigenvalue weighted by Gasteiger charge is -2.36. The van der Waals surface area contributed by atoms with E-state index in [1.807, 2.05) is 4.90 Å². The molecule has 2 fully saturated rings. The van der Waals surface area contributed by atoms with Crippen molar-refractivity contribution in [3.8, 4) is 0 Å². The van der Waals surface area contributed by atoms with Crippen molar-refractivity contribution in [3.05, 3.63) is 47.4 Å². The molecule has 0 spiro atoms. The highest BCUT2D eigenvalue weighted by Crippen LogP contribution is 2.40. The van der Waals surface area contributed by atoms with Crippen molar-refractivity contribution in [3.63, 3.8) is 0 Å². The van der Waals surface area contributed by atoms with Crippen molar-refractivity contribution in [2.75, 3.05) is 29.9 Å². The van der Waals surface area contributed by atoms with Crippen molar-refractivity contribution in [1.29, 1.82) is 0 Å². The van der Waals surface area contributed by atoms with Crippen LogP contribution in [0.3, 0.4) is 0 Å². The molecule has 10 heteroatoms. The zero-order chi connectivity index (χ0) is 25.2. The van der Waals surface area contributed by atoms with E-state index in [0.29, 0.717) is 31.5 Å². The van der Waals surface area contributed by atoms with Crippen LogP contribution in [0.15, 0.2) is 30.3 Å². The van der Waals surface area contributed by atoms with Gasteiger partial charge in [0.15, 0.2) is 10.8 Å². The molecular weight excluding hydrogens is 478 g/mol. The molecule has 1 aliphatic heterocycles. The molecule has 1 aromatic heterocycles. The number of nitrogens with one attached hydrogen (secondary N) is 2. The summed E-state index contributed by atoms with van der Waals surface area (Å²) >= 11 is 5.41. The molecule has 0 bridgehead atoms. The van der Waals surface area contributed by atoms with E-state index in [1.54, 1.807) is 12.1 Å². The van der Waals surface area contributed by atoms with E-state index in [4.69, 9.17) is 12.2 Å². The third kappa shape index (κ3) is 6.20. The molecule has 1 aliphatic carbocycles. The van der Waals surface area contributed by atoms with Crippen LogP contribution in [0.4, 0.5) is 29.3 Å². The Morgan fingerprint density at radius 3 is 2.31 bits per heavy atom. The Kier molecular flexibility index (Phi) is 7.49. The van der Waals surface area contributed by atoms with Crippen molar-refractivity contribution in [2.45, 2.75) is 57.5 Å². The zero-order valence-electron chi connectivity index (χ0n) is 20.0. The summed E-state index contributed by atoms with van der Waals surface area (Å²) < 4.78 is 54.3. The molecule has 35 heavy (non-hydrogen) atoms. The van der Waals surface area contributed by atoms with E-state index in [2.05, 4.69) is 34.4 Å². The van der Waals surface area contributed by atoms with E-state index >= 15 is 0 Å². The van der Waals surface area contributed by atoms with Crippen molar-refractivity contribution < 1.29 is 17.6 Å². The number of hydrogen-bond donors (Lipinski definition) is 2. The summed E-state index contributed by atoms with van der Waals surface area (Å²) in [4.78, 5) is 9.97. The summed E-state index contributed by atoms with van der Waals surface area (Å²) in [5.74, 6) is 0.490.